The van der Waals surface area contributed by atoms with Crippen molar-refractivity contribution >= 4 is 43.8 Å². The summed E-state index contributed by atoms with van der Waals surface area (Å²) >= 11 is 3.37. The Morgan fingerprint density at radius 1 is 1.15 bits per heavy atom. The van der Waals surface area contributed by atoms with E-state index < -0.39 is 0 Å². The van der Waals surface area contributed by atoms with Crippen LogP contribution in [0.2, 0.25) is 0 Å². The van der Waals surface area contributed by atoms with Gasteiger partial charge in [0.05, 0.1) is 6.33 Å². The Morgan fingerprint density at radius 2 is 1.92 bits per heavy atom. The number of benzene rings is 2. The molecule has 0 bridgehead atoms. The topological polar surface area (TPSA) is 79.8 Å². The first-order valence-electron chi connectivity index (χ1n) is 8.09. The molecule has 0 aliphatic carbocycles. The lowest BCUT2D eigenvalue weighted by molar-refractivity contribution is -0.121. The molecule has 0 radical (unpaired) electrons. The summed E-state index contributed by atoms with van der Waals surface area (Å²) in [5, 5.41) is 3.71. The lowest BCUT2D eigenvalue weighted by atomic mass is 10.2. The van der Waals surface area contributed by atoms with Crippen LogP contribution in [0.4, 0.5) is 0 Å². The number of aromatic amines is 1. The molecular formula is C19H15BrN4O2. The van der Waals surface area contributed by atoms with Crippen LogP contribution in [0.15, 0.2) is 64.1 Å². The number of fused-ring (bicyclic) bond motifs is 3. The van der Waals surface area contributed by atoms with Gasteiger partial charge in [0.15, 0.2) is 0 Å². The van der Waals surface area contributed by atoms with Gasteiger partial charge in [0.25, 0.3) is 5.56 Å². The Bertz CT molecular complexity index is 1160. The van der Waals surface area contributed by atoms with Crippen molar-refractivity contribution in [1.29, 1.82) is 0 Å². The van der Waals surface area contributed by atoms with Gasteiger partial charge in [0, 0.05) is 21.9 Å². The van der Waals surface area contributed by atoms with Gasteiger partial charge in [-0.2, -0.15) is 0 Å². The van der Waals surface area contributed by atoms with E-state index >= 15 is 0 Å². The number of para-hydroxylation sites is 1. The van der Waals surface area contributed by atoms with E-state index in [0.29, 0.717) is 17.6 Å². The zero-order valence-corrected chi connectivity index (χ0v) is 15.3. The largest absolute Gasteiger partial charge is 0.350 e. The third kappa shape index (κ3) is 3.13. The molecule has 2 aromatic carbocycles. The van der Waals surface area contributed by atoms with Gasteiger partial charge in [-0.15, -0.1) is 0 Å². The summed E-state index contributed by atoms with van der Waals surface area (Å²) in [6.45, 7) is 0.330. The minimum Gasteiger partial charge on any atom is -0.350 e. The van der Waals surface area contributed by atoms with E-state index in [4.69, 9.17) is 0 Å². The van der Waals surface area contributed by atoms with Crippen molar-refractivity contribution in [2.75, 3.05) is 0 Å². The number of nitrogens with one attached hydrogen (secondary N) is 2. The summed E-state index contributed by atoms with van der Waals surface area (Å²) in [4.78, 5) is 32.3. The number of rotatable bonds is 4. The smallest absolute Gasteiger partial charge is 0.278 e. The van der Waals surface area contributed by atoms with Crippen molar-refractivity contribution in [3.8, 4) is 0 Å². The number of halogens is 1. The molecule has 7 heteroatoms. The van der Waals surface area contributed by atoms with Crippen LogP contribution in [0.3, 0.4) is 0 Å². The minimum atomic E-state index is -0.259. The molecule has 4 rings (SSSR count). The Balaban J connectivity index is 1.54. The van der Waals surface area contributed by atoms with E-state index in [2.05, 4.69) is 31.2 Å². The molecule has 1 amide bonds. The number of amides is 1. The summed E-state index contributed by atoms with van der Waals surface area (Å²) in [6, 6.07) is 15.3. The molecule has 2 aromatic heterocycles. The predicted molar refractivity (Wildman–Crippen MR) is 104 cm³/mol. The summed E-state index contributed by atoms with van der Waals surface area (Å²) in [6.07, 6.45) is 1.42. The van der Waals surface area contributed by atoms with E-state index in [1.807, 2.05) is 48.5 Å². The Hall–Kier alpha value is -2.93. The van der Waals surface area contributed by atoms with Crippen LogP contribution in [0, 0.1) is 0 Å². The first-order chi connectivity index (χ1) is 12.6. The second-order valence-corrected chi connectivity index (χ2v) is 6.89. The second-order valence-electron chi connectivity index (χ2n) is 5.98. The van der Waals surface area contributed by atoms with Crippen molar-refractivity contribution in [1.82, 2.24) is 19.9 Å². The molecular weight excluding hydrogens is 396 g/mol. The summed E-state index contributed by atoms with van der Waals surface area (Å²) in [5.41, 5.74) is 2.61. The van der Waals surface area contributed by atoms with Crippen LogP contribution < -0.4 is 10.9 Å². The van der Waals surface area contributed by atoms with Crippen LogP contribution in [0.5, 0.6) is 0 Å². The van der Waals surface area contributed by atoms with Crippen molar-refractivity contribution < 1.29 is 4.79 Å². The monoisotopic (exact) mass is 410 g/mol. The van der Waals surface area contributed by atoms with Crippen molar-refractivity contribution in [2.24, 2.45) is 0 Å². The molecule has 0 fully saturated rings. The van der Waals surface area contributed by atoms with Crippen LogP contribution in [0.25, 0.3) is 21.9 Å². The lowest BCUT2D eigenvalue weighted by Crippen LogP contribution is -2.32. The number of aromatic nitrogens is 3. The molecule has 4 aromatic rings. The summed E-state index contributed by atoms with van der Waals surface area (Å²) in [7, 11) is 0. The number of carbonyl (C=O) groups is 1. The third-order valence-corrected chi connectivity index (χ3v) is 4.73. The van der Waals surface area contributed by atoms with E-state index in [1.54, 1.807) is 0 Å². The fourth-order valence-corrected chi connectivity index (χ4v) is 3.13. The first kappa shape index (κ1) is 16.5. The molecule has 2 heterocycles. The van der Waals surface area contributed by atoms with E-state index in [0.717, 1.165) is 20.9 Å². The lowest BCUT2D eigenvalue weighted by Gasteiger charge is -2.07. The van der Waals surface area contributed by atoms with Gasteiger partial charge in [-0.3, -0.25) is 14.2 Å². The van der Waals surface area contributed by atoms with Crippen molar-refractivity contribution in [2.45, 2.75) is 13.1 Å². The standard InChI is InChI=1S/C19H15BrN4O2/c20-13-7-5-12(6-8-13)9-21-16(25)10-24-11-22-17-14-3-1-2-4-15(14)23-18(17)19(24)26/h1-8,11,23H,9-10H2,(H,21,25). The molecule has 26 heavy (non-hydrogen) atoms. The first-order valence-corrected chi connectivity index (χ1v) is 8.88. The predicted octanol–water partition coefficient (Wildman–Crippen LogP) is 2.96. The number of H-pyrrole nitrogens is 1. The highest BCUT2D eigenvalue weighted by atomic mass is 79.9. The minimum absolute atomic E-state index is 0.0757. The van der Waals surface area contributed by atoms with Gasteiger partial charge >= 0.3 is 0 Å². The maximum Gasteiger partial charge on any atom is 0.278 e. The number of nitrogens with zero attached hydrogens (tertiary/aromatic N) is 2. The van der Waals surface area contributed by atoms with Gasteiger partial charge in [0.2, 0.25) is 5.91 Å². The molecule has 0 aliphatic heterocycles. The average molecular weight is 411 g/mol. The third-order valence-electron chi connectivity index (χ3n) is 4.20. The quantitative estimate of drug-likeness (QED) is 0.542. The molecule has 2 N–H and O–H groups in total. The molecule has 0 saturated heterocycles. The fourth-order valence-electron chi connectivity index (χ4n) is 2.87. The van der Waals surface area contributed by atoms with Crippen LogP contribution in [0.1, 0.15) is 5.56 Å². The van der Waals surface area contributed by atoms with Crippen LogP contribution in [-0.2, 0) is 17.9 Å². The van der Waals surface area contributed by atoms with Gasteiger partial charge in [0.1, 0.15) is 17.6 Å². The highest BCUT2D eigenvalue weighted by molar-refractivity contribution is 9.10. The Kier molecular flexibility index (Phi) is 4.30. The van der Waals surface area contributed by atoms with Crippen molar-refractivity contribution in [3.05, 3.63) is 75.2 Å². The van der Waals surface area contributed by atoms with Gasteiger partial charge < -0.3 is 10.3 Å². The normalized spacial score (nSPS) is 11.1. The molecule has 0 unspecified atom stereocenters. The zero-order valence-electron chi connectivity index (χ0n) is 13.7. The highest BCUT2D eigenvalue weighted by Crippen LogP contribution is 2.20. The van der Waals surface area contributed by atoms with Crippen LogP contribution >= 0.6 is 15.9 Å². The number of hydrogen-bond acceptors (Lipinski definition) is 3. The molecule has 0 aliphatic rings. The highest BCUT2D eigenvalue weighted by Gasteiger charge is 2.12. The summed E-state index contributed by atoms with van der Waals surface area (Å²) in [5.74, 6) is -0.243. The van der Waals surface area contributed by atoms with Gasteiger partial charge in [-0.1, -0.05) is 46.3 Å². The molecule has 0 atom stereocenters. The molecule has 0 spiro atoms. The number of hydrogen-bond donors (Lipinski definition) is 2. The average Bonchev–Trinajstić information content (AvgIpc) is 3.03. The Labute approximate surface area is 157 Å². The second kappa shape index (κ2) is 6.76. The van der Waals surface area contributed by atoms with Gasteiger partial charge in [-0.25, -0.2) is 4.98 Å². The van der Waals surface area contributed by atoms with Gasteiger partial charge in [-0.05, 0) is 23.8 Å². The molecule has 0 saturated carbocycles. The van der Waals surface area contributed by atoms with E-state index in [9.17, 15) is 9.59 Å². The SMILES string of the molecule is O=C(Cn1cnc2c([nH]c3ccccc32)c1=O)NCc1ccc(Br)cc1. The van der Waals surface area contributed by atoms with Crippen molar-refractivity contribution in [3.63, 3.8) is 0 Å². The maximum absolute atomic E-state index is 12.7. The fraction of sp³-hybridized carbons (Fsp3) is 0.105. The molecule has 6 nitrogen and oxygen atoms in total. The molecule has 130 valence electrons. The number of carbonyl (C=O) groups excluding carboxylic acids is 1. The van der Waals surface area contributed by atoms with E-state index in [-0.39, 0.29) is 18.0 Å². The Morgan fingerprint density at radius 3 is 2.73 bits per heavy atom. The van der Waals surface area contributed by atoms with Crippen LogP contribution in [-0.4, -0.2) is 20.4 Å². The zero-order chi connectivity index (χ0) is 18.1. The summed E-state index contributed by atoms with van der Waals surface area (Å²) < 4.78 is 2.30. The maximum atomic E-state index is 12.7. The van der Waals surface area contributed by atoms with E-state index in [1.165, 1.54) is 10.9 Å².